The number of anilines is 1. The monoisotopic (exact) mass is 325 g/mol. The Hall–Kier alpha value is -2.54. The van der Waals surface area contributed by atoms with E-state index in [-0.39, 0.29) is 12.1 Å². The number of para-hydroxylation sites is 2. The summed E-state index contributed by atoms with van der Waals surface area (Å²) in [6.07, 6.45) is 0.876. The van der Waals surface area contributed by atoms with Crippen molar-refractivity contribution < 1.29 is 9.15 Å². The first-order chi connectivity index (χ1) is 11.7. The molecule has 1 saturated heterocycles. The van der Waals surface area contributed by atoms with Gasteiger partial charge in [0.15, 0.2) is 5.82 Å². The number of fused-ring (bicyclic) bond motifs is 1. The second-order valence-electron chi connectivity index (χ2n) is 6.04. The second kappa shape index (κ2) is 5.83. The summed E-state index contributed by atoms with van der Waals surface area (Å²) in [6.45, 7) is 4.49. The normalized spacial score (nSPS) is 20.9. The van der Waals surface area contributed by atoms with Crippen molar-refractivity contribution in [3.8, 4) is 0 Å². The van der Waals surface area contributed by atoms with Crippen LogP contribution in [0, 0.1) is 13.8 Å². The third-order valence-corrected chi connectivity index (χ3v) is 4.41. The van der Waals surface area contributed by atoms with E-state index in [0.29, 0.717) is 11.8 Å². The van der Waals surface area contributed by atoms with Gasteiger partial charge in [0.1, 0.15) is 6.04 Å². The van der Waals surface area contributed by atoms with Crippen molar-refractivity contribution in [2.45, 2.75) is 32.4 Å². The molecule has 3 aromatic rings. The third kappa shape index (κ3) is 2.50. The highest BCUT2D eigenvalue weighted by Crippen LogP contribution is 2.37. The molecule has 7 nitrogen and oxygen atoms in total. The fraction of sp³-hybridized carbons (Fsp3) is 0.412. The maximum Gasteiger partial charge on any atom is 0.238 e. The number of rotatable bonds is 3. The third-order valence-electron chi connectivity index (χ3n) is 4.41. The van der Waals surface area contributed by atoms with Crippen LogP contribution in [0.1, 0.15) is 29.9 Å². The van der Waals surface area contributed by atoms with Gasteiger partial charge in [-0.3, -0.25) is 0 Å². The van der Waals surface area contributed by atoms with Crippen molar-refractivity contribution in [1.29, 1.82) is 0 Å². The lowest BCUT2D eigenvalue weighted by atomic mass is 10.2. The Morgan fingerprint density at radius 2 is 1.88 bits per heavy atom. The predicted molar refractivity (Wildman–Crippen MR) is 88.8 cm³/mol. The second-order valence-corrected chi connectivity index (χ2v) is 6.04. The summed E-state index contributed by atoms with van der Waals surface area (Å²) in [5.41, 5.74) is 2.65. The van der Waals surface area contributed by atoms with Gasteiger partial charge >= 0.3 is 0 Å². The number of hydrogen-bond donors (Lipinski definition) is 0. The van der Waals surface area contributed by atoms with E-state index >= 15 is 0 Å². The molecule has 1 aliphatic heterocycles. The van der Waals surface area contributed by atoms with Gasteiger partial charge in [0.2, 0.25) is 11.8 Å². The Labute approximate surface area is 139 Å². The molecule has 2 atom stereocenters. The zero-order chi connectivity index (χ0) is 16.7. The van der Waals surface area contributed by atoms with Gasteiger partial charge in [-0.25, -0.2) is 9.97 Å². The maximum atomic E-state index is 5.67. The van der Waals surface area contributed by atoms with E-state index in [0.717, 1.165) is 35.5 Å². The quantitative estimate of drug-likeness (QED) is 0.732. The fourth-order valence-corrected chi connectivity index (χ4v) is 3.23. The number of aryl methyl sites for hydroxylation is 2. The average molecular weight is 325 g/mol. The van der Waals surface area contributed by atoms with Gasteiger partial charge in [-0.15, -0.1) is 10.2 Å². The Morgan fingerprint density at radius 3 is 2.54 bits per heavy atom. The molecule has 124 valence electrons. The number of benzene rings is 1. The molecular weight excluding hydrogens is 306 g/mol. The lowest BCUT2D eigenvalue weighted by molar-refractivity contribution is 0.117. The first-order valence-corrected chi connectivity index (χ1v) is 7.98. The molecule has 0 amide bonds. The van der Waals surface area contributed by atoms with Crippen LogP contribution in [-0.2, 0) is 4.74 Å². The summed E-state index contributed by atoms with van der Waals surface area (Å²) in [4.78, 5) is 11.7. The van der Waals surface area contributed by atoms with Gasteiger partial charge in [0.05, 0.1) is 22.8 Å². The van der Waals surface area contributed by atoms with Crippen molar-refractivity contribution in [3.63, 3.8) is 0 Å². The van der Waals surface area contributed by atoms with Crippen molar-refractivity contribution in [2.75, 3.05) is 18.6 Å². The van der Waals surface area contributed by atoms with Crippen LogP contribution >= 0.6 is 0 Å². The molecule has 0 N–H and O–H groups in total. The molecule has 24 heavy (non-hydrogen) atoms. The molecule has 2 aromatic heterocycles. The van der Waals surface area contributed by atoms with Crippen molar-refractivity contribution in [2.24, 2.45) is 0 Å². The lowest BCUT2D eigenvalue weighted by Gasteiger charge is -2.24. The van der Waals surface area contributed by atoms with E-state index in [9.17, 15) is 0 Å². The Bertz CT molecular complexity index is 878. The number of ether oxygens (including phenoxy) is 1. The highest BCUT2D eigenvalue weighted by atomic mass is 16.5. The molecule has 0 radical (unpaired) electrons. The van der Waals surface area contributed by atoms with Crippen LogP contribution in [0.2, 0.25) is 0 Å². The number of hydrogen-bond acceptors (Lipinski definition) is 7. The van der Waals surface area contributed by atoms with E-state index in [1.807, 2.05) is 31.2 Å². The summed E-state index contributed by atoms with van der Waals surface area (Å²) in [7, 11) is 1.73. The average Bonchev–Trinajstić information content (AvgIpc) is 3.20. The molecule has 0 aliphatic carbocycles. The Morgan fingerprint density at radius 1 is 1.12 bits per heavy atom. The summed E-state index contributed by atoms with van der Waals surface area (Å²) in [5, 5.41) is 8.16. The largest absolute Gasteiger partial charge is 0.423 e. The van der Waals surface area contributed by atoms with Gasteiger partial charge in [-0.2, -0.15) is 0 Å². The standard InChI is InChI=1S/C17H19N5O2/c1-10-16(19-14-7-5-4-6-13(14)18-10)22-9-12(23-3)8-15(22)17-21-20-11(2)24-17/h4-7,12,15H,8-9H2,1-3H3/t12-,15-/m1/s1. The molecule has 1 aromatic carbocycles. The van der Waals surface area contributed by atoms with Gasteiger partial charge in [-0.05, 0) is 19.1 Å². The molecule has 3 heterocycles. The topological polar surface area (TPSA) is 77.2 Å². The van der Waals surface area contributed by atoms with E-state index < -0.39 is 0 Å². The first-order valence-electron chi connectivity index (χ1n) is 7.98. The van der Waals surface area contributed by atoms with Gasteiger partial charge in [-0.1, -0.05) is 12.1 Å². The molecule has 0 bridgehead atoms. The molecule has 1 fully saturated rings. The highest BCUT2D eigenvalue weighted by molar-refractivity contribution is 5.76. The summed E-state index contributed by atoms with van der Waals surface area (Å²) >= 11 is 0. The van der Waals surface area contributed by atoms with Crippen LogP contribution in [0.4, 0.5) is 5.82 Å². The van der Waals surface area contributed by atoms with Gasteiger partial charge < -0.3 is 14.1 Å². The Kier molecular flexibility index (Phi) is 3.65. The van der Waals surface area contributed by atoms with Crippen LogP contribution in [0.25, 0.3) is 11.0 Å². The summed E-state index contributed by atoms with van der Waals surface area (Å²) < 4.78 is 11.2. The first kappa shape index (κ1) is 15.0. The lowest BCUT2D eigenvalue weighted by Crippen LogP contribution is -2.27. The van der Waals surface area contributed by atoms with E-state index in [4.69, 9.17) is 19.1 Å². The predicted octanol–water partition coefficient (Wildman–Crippen LogP) is 2.60. The molecule has 1 aliphatic rings. The zero-order valence-electron chi connectivity index (χ0n) is 13.9. The fourth-order valence-electron chi connectivity index (χ4n) is 3.23. The number of nitrogens with zero attached hydrogens (tertiary/aromatic N) is 5. The molecule has 4 rings (SSSR count). The van der Waals surface area contributed by atoms with Crippen molar-refractivity contribution in [3.05, 3.63) is 41.7 Å². The highest BCUT2D eigenvalue weighted by Gasteiger charge is 2.38. The maximum absolute atomic E-state index is 5.67. The van der Waals surface area contributed by atoms with Gasteiger partial charge in [0.25, 0.3) is 0 Å². The van der Waals surface area contributed by atoms with Crippen LogP contribution in [0.5, 0.6) is 0 Å². The molecule has 7 heteroatoms. The minimum atomic E-state index is -0.0506. The van der Waals surface area contributed by atoms with Crippen molar-refractivity contribution in [1.82, 2.24) is 20.2 Å². The molecule has 0 unspecified atom stereocenters. The Balaban J connectivity index is 1.79. The van der Waals surface area contributed by atoms with Gasteiger partial charge in [0, 0.05) is 27.0 Å². The smallest absolute Gasteiger partial charge is 0.238 e. The van der Waals surface area contributed by atoms with E-state index in [2.05, 4.69) is 15.1 Å². The van der Waals surface area contributed by atoms with Crippen LogP contribution < -0.4 is 4.90 Å². The summed E-state index contributed by atoms with van der Waals surface area (Å²) in [5.74, 6) is 2.00. The minimum Gasteiger partial charge on any atom is -0.423 e. The molecular formula is C17H19N5O2. The summed E-state index contributed by atoms with van der Waals surface area (Å²) in [6, 6.07) is 7.83. The van der Waals surface area contributed by atoms with Crippen LogP contribution in [-0.4, -0.2) is 39.9 Å². The zero-order valence-corrected chi connectivity index (χ0v) is 13.9. The SMILES string of the molecule is CO[C@@H]1C[C@H](c2nnc(C)o2)N(c2nc3ccccc3nc2C)C1. The molecule has 0 saturated carbocycles. The van der Waals surface area contributed by atoms with E-state index in [1.165, 1.54) is 0 Å². The molecule has 0 spiro atoms. The minimum absolute atomic E-state index is 0.0506. The number of aromatic nitrogens is 4. The number of methoxy groups -OCH3 is 1. The van der Waals surface area contributed by atoms with Crippen LogP contribution in [0.3, 0.4) is 0 Å². The van der Waals surface area contributed by atoms with E-state index in [1.54, 1.807) is 14.0 Å². The van der Waals surface area contributed by atoms with Crippen LogP contribution in [0.15, 0.2) is 28.7 Å². The van der Waals surface area contributed by atoms with Crippen molar-refractivity contribution >= 4 is 16.9 Å².